The average molecular weight is 504 g/mol. The van der Waals surface area contributed by atoms with E-state index in [-0.39, 0.29) is 24.0 Å². The number of aromatic nitrogens is 1. The predicted octanol–water partition coefficient (Wildman–Crippen LogP) is 3.13. The lowest BCUT2D eigenvalue weighted by molar-refractivity contribution is 0.122. The zero-order chi connectivity index (χ0) is 18.4. The molecule has 3 N–H and O–H groups in total. The fourth-order valence-electron chi connectivity index (χ4n) is 2.62. The Morgan fingerprint density at radius 1 is 1.33 bits per heavy atom. The number of nitrogens with one attached hydrogen (secondary N) is 1. The number of rotatable bonds is 5. The maximum absolute atomic E-state index is 6.11. The van der Waals surface area contributed by atoms with Gasteiger partial charge in [-0.1, -0.05) is 17.7 Å². The van der Waals surface area contributed by atoms with Crippen LogP contribution >= 0.6 is 35.6 Å². The molecule has 1 aromatic heterocycles. The van der Waals surface area contributed by atoms with E-state index in [9.17, 15) is 0 Å². The molecule has 1 aromatic carbocycles. The van der Waals surface area contributed by atoms with Crippen LogP contribution in [0, 0.1) is 0 Å². The van der Waals surface area contributed by atoms with Gasteiger partial charge in [-0.05, 0) is 30.3 Å². The first-order valence-corrected chi connectivity index (χ1v) is 8.72. The van der Waals surface area contributed by atoms with Gasteiger partial charge in [0.1, 0.15) is 11.6 Å². The zero-order valence-corrected chi connectivity index (χ0v) is 18.1. The van der Waals surface area contributed by atoms with Crippen molar-refractivity contribution in [1.29, 1.82) is 0 Å². The number of benzene rings is 1. The smallest absolute Gasteiger partial charge is 0.193 e. The van der Waals surface area contributed by atoms with Gasteiger partial charge in [-0.25, -0.2) is 9.98 Å². The lowest BCUT2D eigenvalue weighted by atomic mass is 10.3. The van der Waals surface area contributed by atoms with Gasteiger partial charge in [0, 0.05) is 18.8 Å². The molecule has 27 heavy (non-hydrogen) atoms. The van der Waals surface area contributed by atoms with E-state index in [4.69, 9.17) is 26.8 Å². The Labute approximate surface area is 180 Å². The molecule has 3 rings (SSSR count). The number of guanidine groups is 1. The standard InChI is InChI=1S/C18H22ClN5O2.HI/c1-25-16-6-5-13(11-15(16)19)23-18(20)21-12-14-3-2-4-17(22-14)24-7-9-26-10-8-24;/h2-6,11H,7-10,12H2,1H3,(H3,20,21,23);1H. The van der Waals surface area contributed by atoms with E-state index >= 15 is 0 Å². The second-order valence-corrected chi connectivity index (χ2v) is 6.17. The van der Waals surface area contributed by atoms with Crippen LogP contribution in [0.15, 0.2) is 41.4 Å². The van der Waals surface area contributed by atoms with E-state index in [0.29, 0.717) is 23.3 Å². The van der Waals surface area contributed by atoms with E-state index in [1.165, 1.54) is 0 Å². The second-order valence-electron chi connectivity index (χ2n) is 5.76. The van der Waals surface area contributed by atoms with Crippen LogP contribution in [-0.2, 0) is 11.3 Å². The number of aliphatic imine (C=N–C) groups is 1. The number of halogens is 2. The first-order valence-electron chi connectivity index (χ1n) is 8.35. The summed E-state index contributed by atoms with van der Waals surface area (Å²) in [5.74, 6) is 1.84. The number of hydrogen-bond acceptors (Lipinski definition) is 5. The predicted molar refractivity (Wildman–Crippen MR) is 120 cm³/mol. The van der Waals surface area contributed by atoms with Crippen LogP contribution in [0.25, 0.3) is 0 Å². The first-order chi connectivity index (χ1) is 12.7. The summed E-state index contributed by atoms with van der Waals surface area (Å²) in [4.78, 5) is 11.2. The Kier molecular flexibility index (Phi) is 8.39. The first kappa shape index (κ1) is 21.5. The zero-order valence-electron chi connectivity index (χ0n) is 15.0. The third kappa shape index (κ3) is 6.12. The van der Waals surface area contributed by atoms with Crippen LogP contribution in [-0.4, -0.2) is 44.4 Å². The largest absolute Gasteiger partial charge is 0.495 e. The molecule has 0 aliphatic carbocycles. The Morgan fingerprint density at radius 3 is 2.81 bits per heavy atom. The molecule has 0 unspecified atom stereocenters. The molecule has 0 atom stereocenters. The van der Waals surface area contributed by atoms with Gasteiger partial charge in [-0.15, -0.1) is 24.0 Å². The van der Waals surface area contributed by atoms with Crippen molar-refractivity contribution in [2.75, 3.05) is 43.6 Å². The normalized spacial score (nSPS) is 14.4. The van der Waals surface area contributed by atoms with Crippen LogP contribution in [0.3, 0.4) is 0 Å². The maximum atomic E-state index is 6.11. The van der Waals surface area contributed by atoms with Gasteiger partial charge in [0.05, 0.1) is 37.6 Å². The molecule has 1 fully saturated rings. The molecular formula is C18H23ClIN5O2. The lowest BCUT2D eigenvalue weighted by Crippen LogP contribution is -2.36. The average Bonchev–Trinajstić information content (AvgIpc) is 2.67. The number of anilines is 2. The molecule has 0 amide bonds. The van der Waals surface area contributed by atoms with Crippen molar-refractivity contribution in [2.45, 2.75) is 6.54 Å². The van der Waals surface area contributed by atoms with Crippen molar-refractivity contribution in [1.82, 2.24) is 4.98 Å². The summed E-state index contributed by atoms with van der Waals surface area (Å²) in [5, 5.41) is 3.52. The lowest BCUT2D eigenvalue weighted by Gasteiger charge is -2.27. The van der Waals surface area contributed by atoms with Crippen molar-refractivity contribution >= 4 is 53.0 Å². The minimum absolute atomic E-state index is 0. The van der Waals surface area contributed by atoms with Gasteiger partial charge in [0.2, 0.25) is 0 Å². The van der Waals surface area contributed by atoms with E-state index in [0.717, 1.165) is 43.5 Å². The van der Waals surface area contributed by atoms with Crippen LogP contribution in [0.2, 0.25) is 5.02 Å². The minimum atomic E-state index is 0. The molecule has 2 heterocycles. The maximum Gasteiger partial charge on any atom is 0.193 e. The fourth-order valence-corrected chi connectivity index (χ4v) is 2.88. The molecule has 1 saturated heterocycles. The quantitative estimate of drug-likeness (QED) is 0.371. The Hall–Kier alpha value is -1.78. The summed E-state index contributed by atoms with van der Waals surface area (Å²) in [5.41, 5.74) is 7.56. The van der Waals surface area contributed by atoms with Gasteiger partial charge >= 0.3 is 0 Å². The fraction of sp³-hybridized carbons (Fsp3) is 0.333. The van der Waals surface area contributed by atoms with E-state index < -0.39 is 0 Å². The third-order valence-corrected chi connectivity index (χ3v) is 4.26. The number of ether oxygens (including phenoxy) is 2. The number of nitrogens with two attached hydrogens (primary N) is 1. The van der Waals surface area contributed by atoms with Gasteiger partial charge in [-0.2, -0.15) is 0 Å². The van der Waals surface area contributed by atoms with E-state index in [1.807, 2.05) is 24.3 Å². The summed E-state index contributed by atoms with van der Waals surface area (Å²) >= 11 is 6.11. The number of hydrogen-bond donors (Lipinski definition) is 2. The summed E-state index contributed by atoms with van der Waals surface area (Å²) in [6, 6.07) is 11.2. The highest BCUT2D eigenvalue weighted by molar-refractivity contribution is 14.0. The summed E-state index contributed by atoms with van der Waals surface area (Å²) in [6.45, 7) is 3.54. The van der Waals surface area contributed by atoms with E-state index in [1.54, 1.807) is 19.2 Å². The van der Waals surface area contributed by atoms with Crippen molar-refractivity contribution < 1.29 is 9.47 Å². The van der Waals surface area contributed by atoms with E-state index in [2.05, 4.69) is 20.2 Å². The minimum Gasteiger partial charge on any atom is -0.495 e. The van der Waals surface area contributed by atoms with Crippen LogP contribution in [0.1, 0.15) is 5.69 Å². The van der Waals surface area contributed by atoms with Gasteiger partial charge < -0.3 is 25.4 Å². The molecule has 1 aliphatic rings. The van der Waals surface area contributed by atoms with Crippen LogP contribution in [0.4, 0.5) is 11.5 Å². The number of pyridine rings is 1. The van der Waals surface area contributed by atoms with Crippen molar-refractivity contribution in [2.24, 2.45) is 10.7 Å². The number of nitrogens with zero attached hydrogens (tertiary/aromatic N) is 3. The Bertz CT molecular complexity index is 784. The van der Waals surface area contributed by atoms with Crippen LogP contribution in [0.5, 0.6) is 5.75 Å². The second kappa shape index (κ2) is 10.5. The monoisotopic (exact) mass is 503 g/mol. The molecule has 2 aromatic rings. The highest BCUT2D eigenvalue weighted by Crippen LogP contribution is 2.27. The molecular weight excluding hydrogens is 481 g/mol. The molecule has 146 valence electrons. The molecule has 1 aliphatic heterocycles. The Balaban J connectivity index is 0.00000261. The highest BCUT2D eigenvalue weighted by atomic mass is 127. The SMILES string of the molecule is COc1ccc(NC(N)=NCc2cccc(N3CCOCC3)n2)cc1Cl.I. The van der Waals surface area contributed by atoms with Gasteiger partial charge in [0.15, 0.2) is 5.96 Å². The highest BCUT2D eigenvalue weighted by Gasteiger charge is 2.12. The molecule has 0 bridgehead atoms. The van der Waals surface area contributed by atoms with Crippen LogP contribution < -0.4 is 20.7 Å². The summed E-state index contributed by atoms with van der Waals surface area (Å²) in [7, 11) is 1.57. The molecule has 0 spiro atoms. The topological polar surface area (TPSA) is 85.0 Å². The third-order valence-electron chi connectivity index (χ3n) is 3.96. The summed E-state index contributed by atoms with van der Waals surface area (Å²) < 4.78 is 10.5. The van der Waals surface area contributed by atoms with Gasteiger partial charge in [-0.3, -0.25) is 0 Å². The molecule has 9 heteroatoms. The molecule has 0 radical (unpaired) electrons. The molecule has 7 nitrogen and oxygen atoms in total. The van der Waals surface area contributed by atoms with Gasteiger partial charge in [0.25, 0.3) is 0 Å². The van der Waals surface area contributed by atoms with Crippen molar-refractivity contribution in [3.8, 4) is 5.75 Å². The molecule has 0 saturated carbocycles. The number of morpholine rings is 1. The van der Waals surface area contributed by atoms with Crippen molar-refractivity contribution in [3.63, 3.8) is 0 Å². The number of methoxy groups -OCH3 is 1. The Morgan fingerprint density at radius 2 is 2.11 bits per heavy atom. The van der Waals surface area contributed by atoms with Crippen molar-refractivity contribution in [3.05, 3.63) is 47.1 Å². The summed E-state index contributed by atoms with van der Waals surface area (Å²) in [6.07, 6.45) is 0.